The smallest absolute Gasteiger partial charge is 0.215 e. The van der Waals surface area contributed by atoms with Gasteiger partial charge in [-0.2, -0.15) is 0 Å². The number of nitrogens with zero attached hydrogens (tertiary/aromatic N) is 3. The molecule has 0 saturated heterocycles. The number of methoxy groups -OCH3 is 1. The van der Waals surface area contributed by atoms with E-state index in [1.807, 2.05) is 38.1 Å². The van der Waals surface area contributed by atoms with E-state index in [0.717, 1.165) is 46.8 Å². The predicted molar refractivity (Wildman–Crippen MR) is 145 cm³/mol. The van der Waals surface area contributed by atoms with E-state index in [1.54, 1.807) is 13.3 Å². The maximum Gasteiger partial charge on any atom is 0.215 e. The number of anilines is 1. The molecule has 0 bridgehead atoms. The van der Waals surface area contributed by atoms with Crippen molar-refractivity contribution in [1.29, 1.82) is 0 Å². The van der Waals surface area contributed by atoms with Crippen LogP contribution in [-0.2, 0) is 11.2 Å². The first-order valence-electron chi connectivity index (χ1n) is 11.9. The molecule has 35 heavy (non-hydrogen) atoms. The lowest BCUT2D eigenvalue weighted by molar-refractivity contribution is -0.114. The highest BCUT2D eigenvalue weighted by atomic mass is 35.5. The Morgan fingerprint density at radius 1 is 1.34 bits per heavy atom. The Bertz CT molecular complexity index is 1180. The van der Waals surface area contributed by atoms with Gasteiger partial charge >= 0.3 is 0 Å². The third kappa shape index (κ3) is 7.62. The molecular formula is C28H33ClN4O2. The molecule has 7 heteroatoms. The van der Waals surface area contributed by atoms with Gasteiger partial charge in [0.1, 0.15) is 5.84 Å². The lowest BCUT2D eigenvalue weighted by Crippen LogP contribution is -2.19. The Morgan fingerprint density at radius 3 is 2.89 bits per heavy atom. The van der Waals surface area contributed by atoms with Crippen molar-refractivity contribution in [3.8, 4) is 5.88 Å². The Balaban J connectivity index is 1.98. The van der Waals surface area contributed by atoms with Crippen LogP contribution in [0.2, 0.25) is 5.02 Å². The van der Waals surface area contributed by atoms with Gasteiger partial charge in [0, 0.05) is 35.8 Å². The van der Waals surface area contributed by atoms with E-state index >= 15 is 0 Å². The van der Waals surface area contributed by atoms with Gasteiger partial charge in [-0.25, -0.2) is 15.0 Å². The van der Waals surface area contributed by atoms with Gasteiger partial charge in [-0.15, -0.1) is 0 Å². The molecule has 0 aliphatic carbocycles. The van der Waals surface area contributed by atoms with Crippen LogP contribution >= 0.6 is 11.6 Å². The number of carbonyl (C=O) groups is 1. The second-order valence-electron chi connectivity index (χ2n) is 8.82. The zero-order chi connectivity index (χ0) is 25.4. The summed E-state index contributed by atoms with van der Waals surface area (Å²) >= 11 is 6.28. The minimum atomic E-state index is 0.0380. The molecule has 1 aromatic carbocycles. The van der Waals surface area contributed by atoms with Crippen molar-refractivity contribution in [1.82, 2.24) is 4.98 Å². The highest BCUT2D eigenvalue weighted by molar-refractivity contribution is 6.30. The number of hydrogen-bond acceptors (Lipinski definition) is 5. The van der Waals surface area contributed by atoms with Crippen molar-refractivity contribution >= 4 is 40.4 Å². The molecule has 1 unspecified atom stereocenters. The van der Waals surface area contributed by atoms with E-state index in [2.05, 4.69) is 29.9 Å². The molecule has 0 spiro atoms. The van der Waals surface area contributed by atoms with Gasteiger partial charge in [-0.1, -0.05) is 31.2 Å². The molecule has 184 valence electrons. The first kappa shape index (κ1) is 26.4. The number of benzene rings is 1. The van der Waals surface area contributed by atoms with Crippen molar-refractivity contribution in [3.05, 3.63) is 70.9 Å². The molecule has 6 nitrogen and oxygen atoms in total. The standard InChI is InChI=1S/C28H33ClN4O2/c1-6-23(34)9-7-8-21-15-22(29)11-12-24(21)32-28-19(3)14-18(2)10-13-26(33-28)31-25-16-27(35-5)30-17-20(25)4/h6,11-12,14-18H,1,7-10,13H2,2-5H3,(H,30,31,32,33). The fourth-order valence-electron chi connectivity index (χ4n) is 3.86. The van der Waals surface area contributed by atoms with Gasteiger partial charge in [0.25, 0.3) is 0 Å². The quantitative estimate of drug-likeness (QED) is 0.400. The fourth-order valence-corrected chi connectivity index (χ4v) is 4.06. The molecule has 1 aromatic heterocycles. The summed E-state index contributed by atoms with van der Waals surface area (Å²) in [7, 11) is 1.60. The molecule has 1 aliphatic rings. The zero-order valence-electron chi connectivity index (χ0n) is 20.9. The van der Waals surface area contributed by atoms with Gasteiger partial charge in [0.05, 0.1) is 12.8 Å². The average molecular weight is 493 g/mol. The summed E-state index contributed by atoms with van der Waals surface area (Å²) in [6.07, 6.45) is 8.97. The molecular weight excluding hydrogens is 460 g/mol. The first-order chi connectivity index (χ1) is 16.8. The number of nitrogens with one attached hydrogen (secondary N) is 1. The molecule has 1 aliphatic heterocycles. The number of hydrogen-bond donors (Lipinski definition) is 1. The lowest BCUT2D eigenvalue weighted by Gasteiger charge is -2.18. The number of carbonyl (C=O) groups excluding carboxylic acids is 1. The second kappa shape index (κ2) is 12.5. The van der Waals surface area contributed by atoms with Gasteiger partial charge in [-0.3, -0.25) is 4.79 Å². The Kier molecular flexibility index (Phi) is 9.38. The highest BCUT2D eigenvalue weighted by Gasteiger charge is 2.15. The Labute approximate surface area is 212 Å². The van der Waals surface area contributed by atoms with Crippen LogP contribution in [0.4, 0.5) is 11.4 Å². The van der Waals surface area contributed by atoms with E-state index in [-0.39, 0.29) is 5.78 Å². The fraction of sp³-hybridized carbons (Fsp3) is 0.357. The van der Waals surface area contributed by atoms with Crippen molar-refractivity contribution in [2.24, 2.45) is 15.9 Å². The molecule has 1 atom stereocenters. The van der Waals surface area contributed by atoms with E-state index in [1.165, 1.54) is 6.08 Å². The van der Waals surface area contributed by atoms with Gasteiger partial charge in [0.2, 0.25) is 5.88 Å². The summed E-state index contributed by atoms with van der Waals surface area (Å²) in [4.78, 5) is 25.8. The van der Waals surface area contributed by atoms with Crippen LogP contribution in [0.1, 0.15) is 50.7 Å². The number of aliphatic imine (C=N–C) groups is 2. The molecule has 0 amide bonds. The number of allylic oxidation sites excluding steroid dienone is 2. The zero-order valence-corrected chi connectivity index (χ0v) is 21.7. The van der Waals surface area contributed by atoms with Gasteiger partial charge in [-0.05, 0) is 80.0 Å². The number of rotatable bonds is 8. The molecule has 0 saturated carbocycles. The average Bonchev–Trinajstić information content (AvgIpc) is 2.83. The van der Waals surface area contributed by atoms with Crippen molar-refractivity contribution < 1.29 is 9.53 Å². The summed E-state index contributed by atoms with van der Waals surface area (Å²) in [5.74, 6) is 2.46. The molecule has 1 N–H and O–H groups in total. The molecule has 0 radical (unpaired) electrons. The van der Waals surface area contributed by atoms with E-state index in [0.29, 0.717) is 41.9 Å². The number of aryl methyl sites for hydroxylation is 2. The van der Waals surface area contributed by atoms with E-state index in [9.17, 15) is 4.79 Å². The first-order valence-corrected chi connectivity index (χ1v) is 12.2. The predicted octanol–water partition coefficient (Wildman–Crippen LogP) is 7.05. The van der Waals surface area contributed by atoms with Crippen LogP contribution in [-0.4, -0.2) is 29.5 Å². The van der Waals surface area contributed by atoms with Crippen LogP contribution in [0.5, 0.6) is 5.88 Å². The topological polar surface area (TPSA) is 75.9 Å². The monoisotopic (exact) mass is 492 g/mol. The summed E-state index contributed by atoms with van der Waals surface area (Å²) in [5, 5.41) is 4.12. The lowest BCUT2D eigenvalue weighted by atomic mass is 10.00. The number of amidine groups is 2. The molecule has 0 fully saturated rings. The van der Waals surface area contributed by atoms with Crippen molar-refractivity contribution in [2.45, 2.75) is 52.9 Å². The molecule has 2 aromatic rings. The van der Waals surface area contributed by atoms with Crippen LogP contribution in [0.3, 0.4) is 0 Å². The summed E-state index contributed by atoms with van der Waals surface area (Å²) in [6, 6.07) is 7.54. The number of ether oxygens (including phenoxy) is 1. The van der Waals surface area contributed by atoms with Crippen LogP contribution < -0.4 is 10.1 Å². The maximum absolute atomic E-state index is 11.6. The second-order valence-corrected chi connectivity index (χ2v) is 9.26. The maximum atomic E-state index is 11.6. The largest absolute Gasteiger partial charge is 0.481 e. The summed E-state index contributed by atoms with van der Waals surface area (Å²) in [5.41, 5.74) is 4.72. The Hall–Kier alpha value is -3.25. The van der Waals surface area contributed by atoms with E-state index < -0.39 is 0 Å². The minimum absolute atomic E-state index is 0.0380. The van der Waals surface area contributed by atoms with Crippen molar-refractivity contribution in [3.63, 3.8) is 0 Å². The summed E-state index contributed by atoms with van der Waals surface area (Å²) in [6.45, 7) is 9.79. The van der Waals surface area contributed by atoms with Crippen LogP contribution in [0.15, 0.2) is 64.8 Å². The van der Waals surface area contributed by atoms with Gasteiger partial charge in [0.15, 0.2) is 11.6 Å². The number of ketones is 1. The van der Waals surface area contributed by atoms with Crippen LogP contribution in [0.25, 0.3) is 0 Å². The van der Waals surface area contributed by atoms with Gasteiger partial charge < -0.3 is 10.1 Å². The number of halogens is 1. The number of pyridine rings is 1. The van der Waals surface area contributed by atoms with E-state index in [4.69, 9.17) is 26.3 Å². The highest BCUT2D eigenvalue weighted by Crippen LogP contribution is 2.28. The number of aromatic nitrogens is 1. The summed E-state index contributed by atoms with van der Waals surface area (Å²) < 4.78 is 5.29. The normalized spacial score (nSPS) is 17.2. The third-order valence-corrected chi connectivity index (χ3v) is 6.13. The van der Waals surface area contributed by atoms with Crippen LogP contribution in [0, 0.1) is 12.8 Å². The van der Waals surface area contributed by atoms with Crippen molar-refractivity contribution in [2.75, 3.05) is 12.4 Å². The SMILES string of the molecule is C=CC(=O)CCCc1cc(Cl)ccc1N=C1N=C(Nc2cc(OC)ncc2C)CCC(C)C=C1C. The minimum Gasteiger partial charge on any atom is -0.481 e. The Morgan fingerprint density at radius 2 is 2.14 bits per heavy atom. The molecule has 3 rings (SSSR count). The third-order valence-electron chi connectivity index (χ3n) is 5.90. The molecule has 2 heterocycles.